The van der Waals surface area contributed by atoms with Crippen LogP contribution in [-0.2, 0) is 14.3 Å². The van der Waals surface area contributed by atoms with Crippen molar-refractivity contribution in [3.8, 4) is 0 Å². The first-order valence-electron chi connectivity index (χ1n) is 43.2. The van der Waals surface area contributed by atoms with Crippen molar-refractivity contribution in [1.82, 2.24) is 5.32 Å². The number of carbonyl (C=O) groups excluding carboxylic acids is 2. The van der Waals surface area contributed by atoms with Gasteiger partial charge in [0.05, 0.1) is 25.4 Å². The van der Waals surface area contributed by atoms with Gasteiger partial charge in [-0.05, 0) is 83.5 Å². The summed E-state index contributed by atoms with van der Waals surface area (Å²) in [5, 5.41) is 23.4. The van der Waals surface area contributed by atoms with Gasteiger partial charge in [0.15, 0.2) is 0 Å². The van der Waals surface area contributed by atoms with Crippen LogP contribution < -0.4 is 5.32 Å². The highest BCUT2D eigenvalue weighted by Crippen LogP contribution is 2.21. The highest BCUT2D eigenvalue weighted by atomic mass is 16.5. The third kappa shape index (κ3) is 79.1. The van der Waals surface area contributed by atoms with E-state index in [9.17, 15) is 19.8 Å². The molecule has 1 amide bonds. The Hall–Kier alpha value is -1.92. The lowest BCUT2D eigenvalue weighted by Gasteiger charge is -2.22. The summed E-state index contributed by atoms with van der Waals surface area (Å²) in [4.78, 5) is 24.7. The predicted molar refractivity (Wildman–Crippen MR) is 416 cm³/mol. The van der Waals surface area contributed by atoms with Crippen LogP contribution in [0.15, 0.2) is 36.5 Å². The zero-order valence-corrected chi connectivity index (χ0v) is 64.0. The van der Waals surface area contributed by atoms with E-state index in [0.717, 1.165) is 44.9 Å². The predicted octanol–water partition coefficient (Wildman–Crippen LogP) is 28.9. The smallest absolute Gasteiger partial charge is 0.305 e. The van der Waals surface area contributed by atoms with E-state index in [2.05, 4.69) is 55.6 Å². The number of ether oxygens (including phenoxy) is 1. The molecule has 2 unspecified atom stereocenters. The van der Waals surface area contributed by atoms with Crippen molar-refractivity contribution in [2.45, 2.75) is 501 Å². The molecule has 2 atom stereocenters. The third-order valence-electron chi connectivity index (χ3n) is 20.4. The second kappa shape index (κ2) is 83.5. The fraction of sp³-hybridized carbons (Fsp3) is 0.909. The molecule has 0 heterocycles. The molecule has 6 heteroatoms. The molecular formula is C88H169NO5. The van der Waals surface area contributed by atoms with Gasteiger partial charge in [0, 0.05) is 12.8 Å². The van der Waals surface area contributed by atoms with Crippen LogP contribution in [-0.4, -0.2) is 47.4 Å². The Kier molecular flexibility index (Phi) is 81.8. The molecule has 556 valence electrons. The molecule has 94 heavy (non-hydrogen) atoms. The first-order chi connectivity index (χ1) is 46.5. The molecule has 0 fully saturated rings. The van der Waals surface area contributed by atoms with Gasteiger partial charge in [0.2, 0.25) is 5.91 Å². The Morgan fingerprint density at radius 2 is 0.532 bits per heavy atom. The Labute approximate surface area is 589 Å². The van der Waals surface area contributed by atoms with Crippen molar-refractivity contribution < 1.29 is 24.5 Å². The van der Waals surface area contributed by atoms with Crippen molar-refractivity contribution in [3.05, 3.63) is 36.5 Å². The topological polar surface area (TPSA) is 95.9 Å². The minimum atomic E-state index is -0.662. The number of nitrogens with one attached hydrogen (secondary N) is 1. The Morgan fingerprint density at radius 1 is 0.298 bits per heavy atom. The van der Waals surface area contributed by atoms with Gasteiger partial charge in [-0.15, -0.1) is 0 Å². The van der Waals surface area contributed by atoms with E-state index in [1.54, 1.807) is 0 Å². The highest BCUT2D eigenvalue weighted by molar-refractivity contribution is 5.76. The summed E-state index contributed by atoms with van der Waals surface area (Å²) in [7, 11) is 0. The van der Waals surface area contributed by atoms with E-state index in [1.165, 1.54) is 411 Å². The first-order valence-corrected chi connectivity index (χ1v) is 43.2. The number of aliphatic hydroxyl groups is 2. The van der Waals surface area contributed by atoms with Crippen LogP contribution in [0.25, 0.3) is 0 Å². The van der Waals surface area contributed by atoms with E-state index >= 15 is 0 Å². The van der Waals surface area contributed by atoms with Crippen LogP contribution in [0.1, 0.15) is 489 Å². The zero-order valence-electron chi connectivity index (χ0n) is 64.0. The monoisotopic (exact) mass is 1320 g/mol. The average molecular weight is 1320 g/mol. The van der Waals surface area contributed by atoms with Crippen molar-refractivity contribution in [2.24, 2.45) is 0 Å². The van der Waals surface area contributed by atoms with Gasteiger partial charge in [-0.3, -0.25) is 9.59 Å². The standard InChI is InChI=1S/C88H169NO5/c1-3-5-7-9-11-13-15-17-19-21-44-48-52-56-60-64-68-72-76-80-86(91)85(84-90)89-87(92)81-77-73-69-65-61-57-53-49-46-42-40-38-36-34-32-30-28-26-24-23-25-27-29-31-33-35-37-39-41-43-47-51-55-59-63-67-71-75-79-83-94-88(93)82-78-74-70-66-62-58-54-50-45-22-20-18-16-14-12-10-8-6-4-2/h12,14,18,20,23-24,85-86,90-91H,3-11,13,15-17,19,21-22,25-84H2,1-2H3,(H,89,92)/b14-12-,20-18-,24-23-. The van der Waals surface area contributed by atoms with Crippen molar-refractivity contribution in [2.75, 3.05) is 13.2 Å². The minimum absolute atomic E-state index is 0.0196. The zero-order chi connectivity index (χ0) is 67.7. The van der Waals surface area contributed by atoms with Crippen LogP contribution >= 0.6 is 0 Å². The maximum absolute atomic E-state index is 12.6. The van der Waals surface area contributed by atoms with Gasteiger partial charge in [-0.1, -0.05) is 429 Å². The van der Waals surface area contributed by atoms with Gasteiger partial charge < -0.3 is 20.3 Å². The maximum atomic E-state index is 12.6. The van der Waals surface area contributed by atoms with Crippen LogP contribution in [0.4, 0.5) is 0 Å². The molecule has 0 spiro atoms. The normalized spacial score (nSPS) is 12.6. The Balaban J connectivity index is 3.32. The van der Waals surface area contributed by atoms with Crippen LogP contribution in [0.5, 0.6) is 0 Å². The quantitative estimate of drug-likeness (QED) is 0.0320. The maximum Gasteiger partial charge on any atom is 0.305 e. The van der Waals surface area contributed by atoms with Crippen LogP contribution in [0, 0.1) is 0 Å². The molecule has 6 nitrogen and oxygen atoms in total. The number of hydrogen-bond acceptors (Lipinski definition) is 5. The van der Waals surface area contributed by atoms with E-state index in [4.69, 9.17) is 4.74 Å². The molecule has 0 aliphatic heterocycles. The van der Waals surface area contributed by atoms with E-state index < -0.39 is 12.1 Å². The second-order valence-corrected chi connectivity index (χ2v) is 29.9. The summed E-state index contributed by atoms with van der Waals surface area (Å²) in [5.41, 5.74) is 0. The van der Waals surface area contributed by atoms with Gasteiger partial charge in [-0.2, -0.15) is 0 Å². The van der Waals surface area contributed by atoms with Gasteiger partial charge >= 0.3 is 5.97 Å². The first kappa shape index (κ1) is 92.1. The fourth-order valence-corrected chi connectivity index (χ4v) is 13.8. The summed E-state index contributed by atoms with van der Waals surface area (Å²) in [6, 6.07) is -0.539. The summed E-state index contributed by atoms with van der Waals surface area (Å²) in [6.07, 6.45) is 110. The molecule has 0 rings (SSSR count). The molecule has 0 bridgehead atoms. The van der Waals surface area contributed by atoms with Crippen molar-refractivity contribution >= 4 is 11.9 Å². The van der Waals surface area contributed by atoms with E-state index in [-0.39, 0.29) is 18.5 Å². The lowest BCUT2D eigenvalue weighted by Crippen LogP contribution is -2.45. The summed E-state index contributed by atoms with van der Waals surface area (Å²) in [5.74, 6) is -0.00599. The Morgan fingerprint density at radius 3 is 0.840 bits per heavy atom. The van der Waals surface area contributed by atoms with Gasteiger partial charge in [-0.25, -0.2) is 0 Å². The molecule has 0 aromatic heterocycles. The molecule has 0 saturated heterocycles. The summed E-state index contributed by atoms with van der Waals surface area (Å²) < 4.78 is 5.52. The van der Waals surface area contributed by atoms with Crippen LogP contribution in [0.3, 0.4) is 0 Å². The van der Waals surface area contributed by atoms with Gasteiger partial charge in [0.25, 0.3) is 0 Å². The number of rotatable bonds is 82. The Bertz CT molecular complexity index is 1520. The summed E-state index contributed by atoms with van der Waals surface area (Å²) in [6.45, 7) is 4.98. The molecule has 3 N–H and O–H groups in total. The number of unbranched alkanes of at least 4 members (excludes halogenated alkanes) is 65. The van der Waals surface area contributed by atoms with Crippen molar-refractivity contribution in [3.63, 3.8) is 0 Å². The fourth-order valence-electron chi connectivity index (χ4n) is 13.8. The molecule has 0 radical (unpaired) electrons. The van der Waals surface area contributed by atoms with Gasteiger partial charge in [0.1, 0.15) is 0 Å². The minimum Gasteiger partial charge on any atom is -0.466 e. The number of allylic oxidation sites excluding steroid dienone is 6. The van der Waals surface area contributed by atoms with Crippen molar-refractivity contribution in [1.29, 1.82) is 0 Å². The highest BCUT2D eigenvalue weighted by Gasteiger charge is 2.20. The van der Waals surface area contributed by atoms with Crippen LogP contribution in [0.2, 0.25) is 0 Å². The molecular weight excluding hydrogens is 1150 g/mol. The molecule has 0 aromatic carbocycles. The average Bonchev–Trinajstić information content (AvgIpc) is 3.79. The lowest BCUT2D eigenvalue weighted by molar-refractivity contribution is -0.143. The van der Waals surface area contributed by atoms with E-state index in [0.29, 0.717) is 25.9 Å². The lowest BCUT2D eigenvalue weighted by atomic mass is 10.0. The molecule has 0 saturated carbocycles. The third-order valence-corrected chi connectivity index (χ3v) is 20.4. The largest absolute Gasteiger partial charge is 0.466 e. The SMILES string of the molecule is CCCCC/C=C\C/C=C\CCCCCCCCCCCC(=O)OCCCCCCCCCCCCCCCCCCCC/C=C\CCCCCCCCCCCCCCCCCCCC(=O)NC(CO)C(O)CCCCCCCCCCCCCCCCCCCCC. The number of aliphatic hydroxyl groups excluding tert-OH is 2. The molecule has 0 aromatic rings. The molecule has 0 aliphatic carbocycles. The van der Waals surface area contributed by atoms with E-state index in [1.807, 2.05) is 0 Å². The number of carbonyl (C=O) groups is 2. The summed E-state index contributed by atoms with van der Waals surface area (Å²) >= 11 is 0. The number of hydrogen-bond donors (Lipinski definition) is 3. The second-order valence-electron chi connectivity index (χ2n) is 29.9. The number of esters is 1. The molecule has 0 aliphatic rings. The number of amides is 1.